The van der Waals surface area contributed by atoms with Crippen LogP contribution in [0.25, 0.3) is 0 Å². The third-order valence-corrected chi connectivity index (χ3v) is 5.00. The number of thioether (sulfide) groups is 1. The highest BCUT2D eigenvalue weighted by atomic mass is 32.2. The summed E-state index contributed by atoms with van der Waals surface area (Å²) in [7, 11) is 1.42. The molecule has 0 spiro atoms. The molecule has 2 N–H and O–H groups in total. The van der Waals surface area contributed by atoms with Gasteiger partial charge in [-0.25, -0.2) is 4.98 Å². The lowest BCUT2D eigenvalue weighted by Crippen LogP contribution is -2.03. The highest BCUT2D eigenvalue weighted by Crippen LogP contribution is 2.35. The fraction of sp³-hybridized carbons (Fsp3) is 0.308. The summed E-state index contributed by atoms with van der Waals surface area (Å²) in [5, 5.41) is 0.535. The standard InChI is InChI=1S/C13H14F2N2O2S2/c1-7-11(21-13(16)17-7)20-6-8-3-4-9(19-12(14)15)10(5-8)18-2/h3-5,12H,6H2,1-2H3,(H2,16,17). The van der Waals surface area contributed by atoms with Crippen molar-refractivity contribution in [2.75, 3.05) is 12.8 Å². The summed E-state index contributed by atoms with van der Waals surface area (Å²) in [5.41, 5.74) is 7.48. The SMILES string of the molecule is COc1cc(CSc2sc(N)nc2C)ccc1OC(F)F. The molecule has 114 valence electrons. The highest BCUT2D eigenvalue weighted by molar-refractivity contribution is 8.00. The van der Waals surface area contributed by atoms with Gasteiger partial charge in [0.2, 0.25) is 0 Å². The van der Waals surface area contributed by atoms with E-state index >= 15 is 0 Å². The molecular formula is C13H14F2N2O2S2. The normalized spacial score (nSPS) is 10.9. The fourth-order valence-electron chi connectivity index (χ4n) is 1.68. The Labute approximate surface area is 129 Å². The smallest absolute Gasteiger partial charge is 0.387 e. The lowest BCUT2D eigenvalue weighted by atomic mass is 10.2. The molecule has 4 nitrogen and oxygen atoms in total. The van der Waals surface area contributed by atoms with Crippen LogP contribution in [0.2, 0.25) is 0 Å². The van der Waals surface area contributed by atoms with Gasteiger partial charge in [-0.1, -0.05) is 17.4 Å². The minimum atomic E-state index is -2.87. The third-order valence-electron chi connectivity index (χ3n) is 2.58. The zero-order valence-corrected chi connectivity index (χ0v) is 13.1. The van der Waals surface area contributed by atoms with E-state index in [9.17, 15) is 8.78 Å². The van der Waals surface area contributed by atoms with Gasteiger partial charge in [-0.2, -0.15) is 8.78 Å². The summed E-state index contributed by atoms with van der Waals surface area (Å²) in [6.45, 7) is -0.975. The van der Waals surface area contributed by atoms with Crippen LogP contribution in [0.1, 0.15) is 11.3 Å². The minimum absolute atomic E-state index is 0.0273. The second-order valence-corrected chi connectivity index (χ2v) is 6.35. The molecule has 2 aromatic rings. The number of nitrogens with zero attached hydrogens (tertiary/aromatic N) is 1. The van der Waals surface area contributed by atoms with E-state index in [4.69, 9.17) is 10.5 Å². The van der Waals surface area contributed by atoms with E-state index in [1.807, 2.05) is 6.92 Å². The van der Waals surface area contributed by atoms with E-state index in [-0.39, 0.29) is 11.5 Å². The van der Waals surface area contributed by atoms with Crippen LogP contribution >= 0.6 is 23.1 Å². The number of thiazole rings is 1. The Morgan fingerprint density at radius 1 is 1.38 bits per heavy atom. The summed E-state index contributed by atoms with van der Waals surface area (Å²) in [4.78, 5) is 4.15. The Morgan fingerprint density at radius 3 is 2.71 bits per heavy atom. The number of anilines is 1. The maximum atomic E-state index is 12.3. The molecule has 1 aromatic heterocycles. The molecule has 0 unspecified atom stereocenters. The molecular weight excluding hydrogens is 318 g/mol. The van der Waals surface area contributed by atoms with E-state index in [1.54, 1.807) is 23.9 Å². The Kier molecular flexibility index (Phi) is 5.24. The molecule has 1 heterocycles. The van der Waals surface area contributed by atoms with Crippen LogP contribution in [0.15, 0.2) is 22.4 Å². The zero-order chi connectivity index (χ0) is 15.4. The highest BCUT2D eigenvalue weighted by Gasteiger charge is 2.12. The molecule has 0 aliphatic carbocycles. The number of nitrogens with two attached hydrogens (primary N) is 1. The van der Waals surface area contributed by atoms with Crippen LogP contribution in [-0.2, 0) is 5.75 Å². The summed E-state index contributed by atoms with van der Waals surface area (Å²) in [5.74, 6) is 0.974. The van der Waals surface area contributed by atoms with Crippen LogP contribution in [0.5, 0.6) is 11.5 Å². The number of halogens is 2. The van der Waals surface area contributed by atoms with Gasteiger partial charge in [0.25, 0.3) is 0 Å². The van der Waals surface area contributed by atoms with E-state index in [0.29, 0.717) is 10.9 Å². The largest absolute Gasteiger partial charge is 0.493 e. The fourth-order valence-corrected chi connectivity index (χ4v) is 3.65. The maximum Gasteiger partial charge on any atom is 0.387 e. The number of aryl methyl sites for hydroxylation is 1. The number of hydrogen-bond donors (Lipinski definition) is 1. The molecule has 0 aliphatic rings. The number of rotatable bonds is 6. The topological polar surface area (TPSA) is 57.4 Å². The Morgan fingerprint density at radius 2 is 2.14 bits per heavy atom. The molecule has 0 radical (unpaired) electrons. The molecule has 21 heavy (non-hydrogen) atoms. The van der Waals surface area contributed by atoms with Crippen LogP contribution < -0.4 is 15.2 Å². The first-order chi connectivity index (χ1) is 9.99. The first kappa shape index (κ1) is 15.8. The summed E-state index contributed by atoms with van der Waals surface area (Å²) >= 11 is 3.02. The van der Waals surface area contributed by atoms with Crippen molar-refractivity contribution < 1.29 is 18.3 Å². The van der Waals surface area contributed by atoms with Gasteiger partial charge in [-0.15, -0.1) is 11.8 Å². The Hall–Kier alpha value is -1.54. The number of methoxy groups -OCH3 is 1. The van der Waals surface area contributed by atoms with Gasteiger partial charge < -0.3 is 15.2 Å². The number of ether oxygens (including phenoxy) is 2. The molecule has 8 heteroatoms. The van der Waals surface area contributed by atoms with E-state index < -0.39 is 6.61 Å². The average molecular weight is 332 g/mol. The minimum Gasteiger partial charge on any atom is -0.493 e. The molecule has 0 amide bonds. The monoisotopic (exact) mass is 332 g/mol. The van der Waals surface area contributed by atoms with Gasteiger partial charge in [0.05, 0.1) is 17.0 Å². The van der Waals surface area contributed by atoms with E-state index in [1.165, 1.54) is 24.5 Å². The van der Waals surface area contributed by atoms with Crippen LogP contribution in [0, 0.1) is 6.92 Å². The van der Waals surface area contributed by atoms with Crippen molar-refractivity contribution in [2.24, 2.45) is 0 Å². The molecule has 0 fully saturated rings. The molecule has 0 saturated carbocycles. The molecule has 0 aliphatic heterocycles. The predicted octanol–water partition coefficient (Wildman–Crippen LogP) is 3.94. The van der Waals surface area contributed by atoms with E-state index in [2.05, 4.69) is 9.72 Å². The molecule has 0 atom stereocenters. The molecule has 0 saturated heterocycles. The zero-order valence-electron chi connectivity index (χ0n) is 11.4. The number of aromatic nitrogens is 1. The summed E-state index contributed by atoms with van der Waals surface area (Å²) in [6, 6.07) is 4.90. The number of hydrogen-bond acceptors (Lipinski definition) is 6. The second kappa shape index (κ2) is 6.95. The molecule has 1 aromatic carbocycles. The van der Waals surface area contributed by atoms with E-state index in [0.717, 1.165) is 15.5 Å². The van der Waals surface area contributed by atoms with Crippen molar-refractivity contribution in [1.29, 1.82) is 0 Å². The van der Waals surface area contributed by atoms with Crippen molar-refractivity contribution in [3.8, 4) is 11.5 Å². The van der Waals surface area contributed by atoms with Crippen LogP contribution in [-0.4, -0.2) is 18.7 Å². The maximum absolute atomic E-state index is 12.3. The number of alkyl halides is 2. The van der Waals surface area contributed by atoms with Gasteiger partial charge >= 0.3 is 6.61 Å². The van der Waals surface area contributed by atoms with Gasteiger partial charge in [0.15, 0.2) is 16.6 Å². The second-order valence-electron chi connectivity index (χ2n) is 4.08. The van der Waals surface area contributed by atoms with Crippen LogP contribution in [0.3, 0.4) is 0 Å². The Bertz CT molecular complexity index is 620. The quantitative estimate of drug-likeness (QED) is 0.812. The number of nitrogen functional groups attached to an aromatic ring is 1. The van der Waals surface area contributed by atoms with Gasteiger partial charge in [0.1, 0.15) is 0 Å². The van der Waals surface area contributed by atoms with Gasteiger partial charge in [-0.05, 0) is 24.6 Å². The van der Waals surface area contributed by atoms with Crippen LogP contribution in [0.4, 0.5) is 13.9 Å². The van der Waals surface area contributed by atoms with Crippen molar-refractivity contribution in [2.45, 2.75) is 23.5 Å². The summed E-state index contributed by atoms with van der Waals surface area (Å²) < 4.78 is 35.0. The lowest BCUT2D eigenvalue weighted by Gasteiger charge is -2.11. The number of benzene rings is 1. The van der Waals surface area contributed by atoms with Gasteiger partial charge in [0, 0.05) is 5.75 Å². The first-order valence-corrected chi connectivity index (χ1v) is 7.77. The molecule has 0 bridgehead atoms. The van der Waals surface area contributed by atoms with Gasteiger partial charge in [-0.3, -0.25) is 0 Å². The van der Waals surface area contributed by atoms with Crippen molar-refractivity contribution in [1.82, 2.24) is 4.98 Å². The average Bonchev–Trinajstić information content (AvgIpc) is 2.75. The van der Waals surface area contributed by atoms with Crippen molar-refractivity contribution in [3.63, 3.8) is 0 Å². The van der Waals surface area contributed by atoms with Crippen molar-refractivity contribution in [3.05, 3.63) is 29.5 Å². The predicted molar refractivity (Wildman–Crippen MR) is 80.5 cm³/mol. The molecule has 2 rings (SSSR count). The van der Waals surface area contributed by atoms with Crippen molar-refractivity contribution >= 4 is 28.2 Å². The first-order valence-electron chi connectivity index (χ1n) is 5.97. The third kappa shape index (κ3) is 4.21. The summed E-state index contributed by atoms with van der Waals surface area (Å²) in [6.07, 6.45) is 0. The Balaban J connectivity index is 2.08. The lowest BCUT2D eigenvalue weighted by molar-refractivity contribution is -0.0512.